The number of hydrogen-bond acceptors (Lipinski definition) is 2. The van der Waals surface area contributed by atoms with Crippen molar-refractivity contribution in [3.63, 3.8) is 0 Å². The largest absolute Gasteiger partial charge is 0.332 e. The fourth-order valence-corrected chi connectivity index (χ4v) is 2.58. The standard InChI is InChI=1S/C17H17BrN2OS/c1-3-12-6-4-5-11(2)15(12)19-17(22)20-16(21)13-7-9-14(18)10-8-13/h4-10H,3H2,1-2H3,(H2,19,20,21,22). The van der Waals surface area contributed by atoms with Crippen molar-refractivity contribution in [3.05, 3.63) is 63.6 Å². The highest BCUT2D eigenvalue weighted by atomic mass is 79.9. The van der Waals surface area contributed by atoms with Crippen LogP contribution in [-0.2, 0) is 6.42 Å². The van der Waals surface area contributed by atoms with Crippen LogP contribution < -0.4 is 10.6 Å². The van der Waals surface area contributed by atoms with Crippen molar-refractivity contribution in [2.75, 3.05) is 5.32 Å². The van der Waals surface area contributed by atoms with E-state index in [4.69, 9.17) is 12.2 Å². The van der Waals surface area contributed by atoms with Crippen LogP contribution in [0.4, 0.5) is 5.69 Å². The molecule has 0 aliphatic carbocycles. The van der Waals surface area contributed by atoms with Crippen LogP contribution in [0.2, 0.25) is 0 Å². The number of benzene rings is 2. The molecule has 2 aromatic carbocycles. The van der Waals surface area contributed by atoms with Gasteiger partial charge in [0.25, 0.3) is 5.91 Å². The highest BCUT2D eigenvalue weighted by molar-refractivity contribution is 9.10. The lowest BCUT2D eigenvalue weighted by Gasteiger charge is -2.15. The Hall–Kier alpha value is -1.72. The SMILES string of the molecule is CCc1cccc(C)c1NC(=S)NC(=O)c1ccc(Br)cc1. The highest BCUT2D eigenvalue weighted by Gasteiger charge is 2.10. The third-order valence-corrected chi connectivity index (χ3v) is 4.04. The molecule has 1 amide bonds. The van der Waals surface area contributed by atoms with Gasteiger partial charge in [0, 0.05) is 15.7 Å². The normalized spacial score (nSPS) is 10.1. The summed E-state index contributed by atoms with van der Waals surface area (Å²) in [6.07, 6.45) is 0.896. The topological polar surface area (TPSA) is 41.1 Å². The van der Waals surface area contributed by atoms with E-state index < -0.39 is 0 Å². The number of hydrogen-bond donors (Lipinski definition) is 2. The average Bonchev–Trinajstić information content (AvgIpc) is 2.49. The fraction of sp³-hybridized carbons (Fsp3) is 0.176. The zero-order chi connectivity index (χ0) is 16.1. The average molecular weight is 377 g/mol. The van der Waals surface area contributed by atoms with E-state index in [1.165, 1.54) is 5.56 Å². The number of nitrogens with one attached hydrogen (secondary N) is 2. The molecule has 0 heterocycles. The Kier molecular flexibility index (Phi) is 5.69. The molecule has 114 valence electrons. The number of amides is 1. The summed E-state index contributed by atoms with van der Waals surface area (Å²) < 4.78 is 0.928. The Morgan fingerprint density at radius 1 is 1.18 bits per heavy atom. The van der Waals surface area contributed by atoms with E-state index in [9.17, 15) is 4.79 Å². The molecule has 2 aromatic rings. The van der Waals surface area contributed by atoms with Gasteiger partial charge in [0.05, 0.1) is 0 Å². The van der Waals surface area contributed by atoms with E-state index in [-0.39, 0.29) is 5.91 Å². The third kappa shape index (κ3) is 4.15. The quantitative estimate of drug-likeness (QED) is 0.777. The van der Waals surface area contributed by atoms with Gasteiger partial charge in [-0.05, 0) is 61.0 Å². The number of carbonyl (C=O) groups is 1. The third-order valence-electron chi connectivity index (χ3n) is 3.31. The van der Waals surface area contributed by atoms with Crippen LogP contribution in [0, 0.1) is 6.92 Å². The molecule has 3 nitrogen and oxygen atoms in total. The van der Waals surface area contributed by atoms with Gasteiger partial charge in [-0.15, -0.1) is 0 Å². The summed E-state index contributed by atoms with van der Waals surface area (Å²) in [6, 6.07) is 13.2. The van der Waals surface area contributed by atoms with E-state index in [0.29, 0.717) is 10.7 Å². The first-order valence-electron chi connectivity index (χ1n) is 6.97. The van der Waals surface area contributed by atoms with Crippen molar-refractivity contribution < 1.29 is 4.79 Å². The van der Waals surface area contributed by atoms with Crippen LogP contribution in [0.15, 0.2) is 46.9 Å². The molecule has 22 heavy (non-hydrogen) atoms. The van der Waals surface area contributed by atoms with Crippen molar-refractivity contribution in [3.8, 4) is 0 Å². The first kappa shape index (κ1) is 16.6. The van der Waals surface area contributed by atoms with Crippen LogP contribution in [0.1, 0.15) is 28.4 Å². The monoisotopic (exact) mass is 376 g/mol. The lowest BCUT2D eigenvalue weighted by molar-refractivity contribution is 0.0977. The lowest BCUT2D eigenvalue weighted by atomic mass is 10.1. The molecule has 5 heteroatoms. The number of aryl methyl sites for hydroxylation is 2. The second-order valence-corrected chi connectivity index (χ2v) is 6.20. The number of carbonyl (C=O) groups excluding carboxylic acids is 1. The Bertz CT molecular complexity index is 698. The summed E-state index contributed by atoms with van der Waals surface area (Å²) >= 11 is 8.60. The number of halogens is 1. The first-order chi connectivity index (χ1) is 10.5. The number of rotatable bonds is 3. The molecule has 0 aromatic heterocycles. The van der Waals surface area contributed by atoms with Gasteiger partial charge in [0.15, 0.2) is 5.11 Å². The summed E-state index contributed by atoms with van der Waals surface area (Å²) in [5, 5.41) is 6.14. The Morgan fingerprint density at radius 3 is 2.50 bits per heavy atom. The van der Waals surface area contributed by atoms with Gasteiger partial charge in [0.1, 0.15) is 0 Å². The molecule has 0 unspecified atom stereocenters. The van der Waals surface area contributed by atoms with Gasteiger partial charge in [-0.3, -0.25) is 10.1 Å². The van der Waals surface area contributed by atoms with Gasteiger partial charge in [-0.2, -0.15) is 0 Å². The number of thiocarbonyl (C=S) groups is 1. The van der Waals surface area contributed by atoms with E-state index in [1.54, 1.807) is 12.1 Å². The second-order valence-electron chi connectivity index (χ2n) is 4.88. The fourth-order valence-electron chi connectivity index (χ4n) is 2.12. The van der Waals surface area contributed by atoms with Crippen molar-refractivity contribution in [1.82, 2.24) is 5.32 Å². The molecular weight excluding hydrogens is 360 g/mol. The van der Waals surface area contributed by atoms with Crippen LogP contribution >= 0.6 is 28.1 Å². The van der Waals surface area contributed by atoms with Gasteiger partial charge >= 0.3 is 0 Å². The molecular formula is C17H17BrN2OS. The predicted molar refractivity (Wildman–Crippen MR) is 98.4 cm³/mol. The van der Waals surface area contributed by atoms with Gasteiger partial charge < -0.3 is 5.32 Å². The lowest BCUT2D eigenvalue weighted by Crippen LogP contribution is -2.34. The summed E-state index contributed by atoms with van der Waals surface area (Å²) in [4.78, 5) is 12.1. The van der Waals surface area contributed by atoms with E-state index in [1.807, 2.05) is 31.2 Å². The molecule has 0 atom stereocenters. The van der Waals surface area contributed by atoms with Crippen LogP contribution in [-0.4, -0.2) is 11.0 Å². The minimum Gasteiger partial charge on any atom is -0.332 e. The molecule has 2 N–H and O–H groups in total. The molecule has 0 aliphatic rings. The van der Waals surface area contributed by atoms with Crippen molar-refractivity contribution in [2.24, 2.45) is 0 Å². The summed E-state index contributed by atoms with van der Waals surface area (Å²) in [5.74, 6) is -0.225. The van der Waals surface area contributed by atoms with Crippen LogP contribution in [0.3, 0.4) is 0 Å². The molecule has 0 bridgehead atoms. The number of para-hydroxylation sites is 1. The Labute approximate surface area is 144 Å². The molecule has 0 aliphatic heterocycles. The number of anilines is 1. The summed E-state index contributed by atoms with van der Waals surface area (Å²) in [7, 11) is 0. The van der Waals surface area contributed by atoms with Gasteiger partial charge in [-0.1, -0.05) is 41.1 Å². The van der Waals surface area contributed by atoms with Crippen molar-refractivity contribution in [1.29, 1.82) is 0 Å². The van der Waals surface area contributed by atoms with Crippen LogP contribution in [0.5, 0.6) is 0 Å². The molecule has 0 fully saturated rings. The second kappa shape index (κ2) is 7.51. The maximum atomic E-state index is 12.1. The van der Waals surface area contributed by atoms with Crippen molar-refractivity contribution in [2.45, 2.75) is 20.3 Å². The smallest absolute Gasteiger partial charge is 0.257 e. The molecule has 2 rings (SSSR count). The molecule has 0 saturated carbocycles. The van der Waals surface area contributed by atoms with Gasteiger partial charge in [-0.25, -0.2) is 0 Å². The summed E-state index contributed by atoms with van der Waals surface area (Å²) in [6.45, 7) is 4.10. The van der Waals surface area contributed by atoms with Crippen LogP contribution in [0.25, 0.3) is 0 Å². The van der Waals surface area contributed by atoms with E-state index in [0.717, 1.165) is 22.1 Å². The molecule has 0 radical (unpaired) electrons. The van der Waals surface area contributed by atoms with Crippen molar-refractivity contribution >= 4 is 44.9 Å². The van der Waals surface area contributed by atoms with E-state index >= 15 is 0 Å². The Balaban J connectivity index is 2.07. The minimum atomic E-state index is -0.225. The maximum Gasteiger partial charge on any atom is 0.257 e. The van der Waals surface area contributed by atoms with Gasteiger partial charge in [0.2, 0.25) is 0 Å². The Morgan fingerprint density at radius 2 is 1.86 bits per heavy atom. The highest BCUT2D eigenvalue weighted by Crippen LogP contribution is 2.21. The predicted octanol–water partition coefficient (Wildman–Crippen LogP) is 4.45. The summed E-state index contributed by atoms with van der Waals surface area (Å²) in [5.41, 5.74) is 3.79. The zero-order valence-electron chi connectivity index (χ0n) is 12.4. The first-order valence-corrected chi connectivity index (χ1v) is 8.17. The molecule has 0 spiro atoms. The zero-order valence-corrected chi connectivity index (χ0v) is 14.8. The minimum absolute atomic E-state index is 0.225. The molecule has 0 saturated heterocycles. The maximum absolute atomic E-state index is 12.1. The van der Waals surface area contributed by atoms with E-state index in [2.05, 4.69) is 39.6 Å².